The Morgan fingerprint density at radius 3 is 2.55 bits per heavy atom. The summed E-state index contributed by atoms with van der Waals surface area (Å²) in [6, 6.07) is 4.92. The SMILES string of the molecule is CNC(C)c1ccc(OCC(=O)N(C)C(C)C)c(F)c1. The molecule has 0 aliphatic heterocycles. The molecule has 5 heteroatoms. The molecule has 4 nitrogen and oxygen atoms in total. The maximum atomic E-state index is 13.9. The summed E-state index contributed by atoms with van der Waals surface area (Å²) in [5, 5.41) is 3.04. The van der Waals surface area contributed by atoms with Gasteiger partial charge in [0.05, 0.1) is 0 Å². The molecule has 0 spiro atoms. The Balaban J connectivity index is 2.68. The fourth-order valence-electron chi connectivity index (χ4n) is 1.60. The van der Waals surface area contributed by atoms with Gasteiger partial charge in [-0.2, -0.15) is 0 Å². The Hall–Kier alpha value is -1.62. The number of carbonyl (C=O) groups is 1. The summed E-state index contributed by atoms with van der Waals surface area (Å²) in [7, 11) is 3.51. The third kappa shape index (κ3) is 4.20. The smallest absolute Gasteiger partial charge is 0.260 e. The highest BCUT2D eigenvalue weighted by atomic mass is 19.1. The van der Waals surface area contributed by atoms with Gasteiger partial charge in [-0.05, 0) is 45.5 Å². The van der Waals surface area contributed by atoms with Crippen molar-refractivity contribution in [1.82, 2.24) is 10.2 Å². The fraction of sp³-hybridized carbons (Fsp3) is 0.533. The van der Waals surface area contributed by atoms with Crippen molar-refractivity contribution < 1.29 is 13.9 Å². The minimum Gasteiger partial charge on any atom is -0.481 e. The predicted molar refractivity (Wildman–Crippen MR) is 77.3 cm³/mol. The van der Waals surface area contributed by atoms with Crippen LogP contribution in [-0.4, -0.2) is 37.6 Å². The van der Waals surface area contributed by atoms with Gasteiger partial charge in [-0.3, -0.25) is 4.79 Å². The van der Waals surface area contributed by atoms with Gasteiger partial charge in [-0.1, -0.05) is 6.07 Å². The fourth-order valence-corrected chi connectivity index (χ4v) is 1.60. The second kappa shape index (κ2) is 7.24. The average molecular weight is 282 g/mol. The molecule has 0 saturated carbocycles. The van der Waals surface area contributed by atoms with E-state index in [0.29, 0.717) is 0 Å². The minimum absolute atomic E-state index is 0.0623. The summed E-state index contributed by atoms with van der Waals surface area (Å²) in [5.74, 6) is -0.528. The highest BCUT2D eigenvalue weighted by Crippen LogP contribution is 2.22. The summed E-state index contributed by atoms with van der Waals surface area (Å²) in [6.07, 6.45) is 0. The second-order valence-electron chi connectivity index (χ2n) is 5.09. The van der Waals surface area contributed by atoms with Crippen LogP contribution in [0.3, 0.4) is 0 Å². The third-order valence-corrected chi connectivity index (χ3v) is 3.41. The van der Waals surface area contributed by atoms with Gasteiger partial charge in [0, 0.05) is 19.1 Å². The first-order chi connectivity index (χ1) is 9.36. The minimum atomic E-state index is -0.454. The Kier molecular flexibility index (Phi) is 5.95. The van der Waals surface area contributed by atoms with Gasteiger partial charge in [0.1, 0.15) is 0 Å². The van der Waals surface area contributed by atoms with Gasteiger partial charge in [-0.25, -0.2) is 4.39 Å². The molecule has 1 unspecified atom stereocenters. The molecule has 1 rings (SSSR count). The van der Waals surface area contributed by atoms with Crippen LogP contribution in [0.5, 0.6) is 5.75 Å². The topological polar surface area (TPSA) is 41.6 Å². The molecule has 112 valence electrons. The number of carbonyl (C=O) groups excluding carboxylic acids is 1. The van der Waals surface area contributed by atoms with E-state index in [2.05, 4.69) is 5.32 Å². The van der Waals surface area contributed by atoms with E-state index in [0.717, 1.165) is 5.56 Å². The summed E-state index contributed by atoms with van der Waals surface area (Å²) >= 11 is 0. The van der Waals surface area contributed by atoms with Crippen LogP contribution in [-0.2, 0) is 4.79 Å². The van der Waals surface area contributed by atoms with Gasteiger partial charge < -0.3 is 15.0 Å². The normalized spacial score (nSPS) is 12.3. The Bertz CT molecular complexity index is 463. The molecule has 1 atom stereocenters. The maximum Gasteiger partial charge on any atom is 0.260 e. The van der Waals surface area contributed by atoms with Gasteiger partial charge in [0.2, 0.25) is 0 Å². The van der Waals surface area contributed by atoms with Crippen LogP contribution in [0, 0.1) is 5.82 Å². The van der Waals surface area contributed by atoms with E-state index in [4.69, 9.17) is 4.74 Å². The molecular formula is C15H23FN2O2. The number of hydrogen-bond acceptors (Lipinski definition) is 3. The van der Waals surface area contributed by atoms with Crippen molar-refractivity contribution in [3.63, 3.8) is 0 Å². The van der Waals surface area contributed by atoms with Crippen molar-refractivity contribution in [3.05, 3.63) is 29.6 Å². The first-order valence-electron chi connectivity index (χ1n) is 6.72. The number of nitrogens with one attached hydrogen (secondary N) is 1. The summed E-state index contributed by atoms with van der Waals surface area (Å²) in [5.41, 5.74) is 0.836. The molecule has 0 aliphatic rings. The molecule has 0 aliphatic carbocycles. The number of nitrogens with zero attached hydrogens (tertiary/aromatic N) is 1. The lowest BCUT2D eigenvalue weighted by molar-refractivity contribution is -0.133. The Morgan fingerprint density at radius 2 is 2.05 bits per heavy atom. The average Bonchev–Trinajstić information content (AvgIpc) is 2.43. The van der Waals surface area contributed by atoms with Crippen molar-refractivity contribution in [3.8, 4) is 5.75 Å². The number of likely N-dealkylation sites (N-methyl/N-ethyl adjacent to an activating group) is 1. The Labute approximate surface area is 119 Å². The molecule has 20 heavy (non-hydrogen) atoms. The zero-order valence-electron chi connectivity index (χ0n) is 12.7. The number of benzene rings is 1. The lowest BCUT2D eigenvalue weighted by Gasteiger charge is -2.21. The van der Waals surface area contributed by atoms with Gasteiger partial charge in [0.15, 0.2) is 18.2 Å². The molecule has 0 fully saturated rings. The molecule has 1 aromatic rings. The van der Waals surface area contributed by atoms with Crippen LogP contribution in [0.1, 0.15) is 32.4 Å². The standard InChI is InChI=1S/C15H23FN2O2/c1-10(2)18(5)15(19)9-20-14-7-6-12(8-13(14)16)11(3)17-4/h6-8,10-11,17H,9H2,1-5H3. The molecule has 0 saturated heterocycles. The molecule has 0 radical (unpaired) electrons. The number of rotatable bonds is 6. The number of halogens is 1. The van der Waals surface area contributed by atoms with Gasteiger partial charge in [0.25, 0.3) is 5.91 Å². The molecule has 0 aromatic heterocycles. The first kappa shape index (κ1) is 16.4. The van der Waals surface area contributed by atoms with E-state index in [1.54, 1.807) is 24.1 Å². The van der Waals surface area contributed by atoms with E-state index in [9.17, 15) is 9.18 Å². The van der Waals surface area contributed by atoms with Crippen LogP contribution in [0.25, 0.3) is 0 Å². The van der Waals surface area contributed by atoms with Crippen LogP contribution in [0.15, 0.2) is 18.2 Å². The van der Waals surface area contributed by atoms with E-state index >= 15 is 0 Å². The second-order valence-corrected chi connectivity index (χ2v) is 5.09. The van der Waals surface area contributed by atoms with Crippen molar-refractivity contribution in [2.24, 2.45) is 0 Å². The van der Waals surface area contributed by atoms with Crippen molar-refractivity contribution in [2.45, 2.75) is 32.9 Å². The van der Waals surface area contributed by atoms with Crippen molar-refractivity contribution in [2.75, 3.05) is 20.7 Å². The lowest BCUT2D eigenvalue weighted by Crippen LogP contribution is -2.36. The zero-order valence-corrected chi connectivity index (χ0v) is 12.7. The number of ether oxygens (including phenoxy) is 1. The van der Waals surface area contributed by atoms with Crippen molar-refractivity contribution >= 4 is 5.91 Å². The van der Waals surface area contributed by atoms with E-state index in [1.807, 2.05) is 27.8 Å². The van der Waals surface area contributed by atoms with Crippen LogP contribution < -0.4 is 10.1 Å². The summed E-state index contributed by atoms with van der Waals surface area (Å²) < 4.78 is 19.1. The van der Waals surface area contributed by atoms with Gasteiger partial charge >= 0.3 is 0 Å². The quantitative estimate of drug-likeness (QED) is 0.871. The van der Waals surface area contributed by atoms with E-state index in [1.165, 1.54) is 6.07 Å². The molecular weight excluding hydrogens is 259 g/mol. The molecule has 0 bridgehead atoms. The summed E-state index contributed by atoms with van der Waals surface area (Å²) in [6.45, 7) is 5.60. The first-order valence-corrected chi connectivity index (χ1v) is 6.72. The highest BCUT2D eigenvalue weighted by molar-refractivity contribution is 5.77. The largest absolute Gasteiger partial charge is 0.481 e. The van der Waals surface area contributed by atoms with Crippen LogP contribution >= 0.6 is 0 Å². The molecule has 1 aromatic carbocycles. The number of amides is 1. The molecule has 1 amide bonds. The number of hydrogen-bond donors (Lipinski definition) is 1. The van der Waals surface area contributed by atoms with E-state index in [-0.39, 0.29) is 30.3 Å². The van der Waals surface area contributed by atoms with Crippen LogP contribution in [0.4, 0.5) is 4.39 Å². The van der Waals surface area contributed by atoms with E-state index < -0.39 is 5.82 Å². The highest BCUT2D eigenvalue weighted by Gasteiger charge is 2.14. The third-order valence-electron chi connectivity index (χ3n) is 3.41. The molecule has 1 N–H and O–H groups in total. The summed E-state index contributed by atoms with van der Waals surface area (Å²) in [4.78, 5) is 13.3. The Morgan fingerprint density at radius 1 is 1.40 bits per heavy atom. The van der Waals surface area contributed by atoms with Gasteiger partial charge in [-0.15, -0.1) is 0 Å². The lowest BCUT2D eigenvalue weighted by atomic mass is 10.1. The van der Waals surface area contributed by atoms with Crippen molar-refractivity contribution in [1.29, 1.82) is 0 Å². The van der Waals surface area contributed by atoms with Crippen LogP contribution in [0.2, 0.25) is 0 Å². The molecule has 0 heterocycles. The maximum absolute atomic E-state index is 13.9. The zero-order chi connectivity index (χ0) is 15.3. The monoisotopic (exact) mass is 282 g/mol. The predicted octanol–water partition coefficient (Wildman–Crippen LogP) is 2.35.